The Hall–Kier alpha value is -3.17. The highest BCUT2D eigenvalue weighted by atomic mass is 32.2. The number of thioether (sulfide) groups is 1. The van der Waals surface area contributed by atoms with Crippen LogP contribution in [0.25, 0.3) is 0 Å². The van der Waals surface area contributed by atoms with Crippen LogP contribution in [-0.2, 0) is 17.8 Å². The normalized spacial score (nSPS) is 10.8. The lowest BCUT2D eigenvalue weighted by Gasteiger charge is -2.30. The molecule has 0 radical (unpaired) electrons. The maximum atomic E-state index is 13.5. The van der Waals surface area contributed by atoms with E-state index in [0.717, 1.165) is 15.3 Å². The third-order valence-electron chi connectivity index (χ3n) is 5.93. The molecule has 0 saturated carbocycles. The number of hydrogen-bond acceptors (Lipinski definition) is 6. The lowest BCUT2D eigenvalue weighted by atomic mass is 10.1. The van der Waals surface area contributed by atoms with E-state index < -0.39 is 0 Å². The Morgan fingerprint density at radius 3 is 2.35 bits per heavy atom. The molecule has 9 heteroatoms. The van der Waals surface area contributed by atoms with Crippen molar-refractivity contribution in [1.29, 1.82) is 0 Å². The first-order chi connectivity index (χ1) is 17.8. The first kappa shape index (κ1) is 28.4. The van der Waals surface area contributed by atoms with Crippen LogP contribution in [0.3, 0.4) is 0 Å². The van der Waals surface area contributed by atoms with E-state index >= 15 is 0 Å². The molecule has 0 spiro atoms. The molecule has 0 unspecified atom stereocenters. The Balaban J connectivity index is 1.72. The van der Waals surface area contributed by atoms with Crippen LogP contribution in [0.15, 0.2) is 64.9 Å². The summed E-state index contributed by atoms with van der Waals surface area (Å²) in [6.45, 7) is 4.82. The monoisotopic (exact) mass is 541 g/mol. The number of benzene rings is 2. The maximum Gasteiger partial charge on any atom is 0.322 e. The smallest absolute Gasteiger partial charge is 0.322 e. The molecule has 3 rings (SSSR count). The van der Waals surface area contributed by atoms with Crippen LogP contribution in [0.4, 0.5) is 10.5 Å². The molecule has 1 heterocycles. The molecule has 2 aromatic carbocycles. The lowest BCUT2D eigenvalue weighted by molar-refractivity contribution is -0.132. The van der Waals surface area contributed by atoms with Crippen molar-refractivity contribution in [3.63, 3.8) is 0 Å². The Kier molecular flexibility index (Phi) is 10.7. The molecule has 198 valence electrons. The minimum absolute atomic E-state index is 0.0102. The largest absolute Gasteiger partial charge is 0.493 e. The van der Waals surface area contributed by atoms with Gasteiger partial charge >= 0.3 is 6.03 Å². The summed E-state index contributed by atoms with van der Waals surface area (Å²) < 4.78 is 10.8. The molecule has 0 saturated heterocycles. The van der Waals surface area contributed by atoms with E-state index in [1.165, 1.54) is 0 Å². The molecule has 0 bridgehead atoms. The Labute approximate surface area is 227 Å². The van der Waals surface area contributed by atoms with Crippen molar-refractivity contribution in [1.82, 2.24) is 9.80 Å². The van der Waals surface area contributed by atoms with E-state index in [-0.39, 0.29) is 24.5 Å². The van der Waals surface area contributed by atoms with Crippen LogP contribution in [-0.4, -0.2) is 61.3 Å². The van der Waals surface area contributed by atoms with E-state index in [1.54, 1.807) is 42.2 Å². The molecule has 7 nitrogen and oxygen atoms in total. The van der Waals surface area contributed by atoms with Gasteiger partial charge in [0, 0.05) is 28.0 Å². The molecule has 3 amide bonds. The van der Waals surface area contributed by atoms with Crippen LogP contribution < -0.4 is 14.8 Å². The number of nitrogens with zero attached hydrogens (tertiary/aromatic N) is 2. The van der Waals surface area contributed by atoms with Crippen LogP contribution in [0.5, 0.6) is 11.5 Å². The number of carbonyl (C=O) groups excluding carboxylic acids is 2. The van der Waals surface area contributed by atoms with Gasteiger partial charge in [0.25, 0.3) is 0 Å². The number of carbonyl (C=O) groups is 2. The fraction of sp³-hybridized carbons (Fsp3) is 0.357. The van der Waals surface area contributed by atoms with Gasteiger partial charge in [0.05, 0.1) is 20.8 Å². The SMILES string of the molecule is COc1ccc(CCN(Cc2cccs2)C(=O)CN(C(=O)Nc2ccc(SC)cc2)C(C)C)cc1OC. The summed E-state index contributed by atoms with van der Waals surface area (Å²) in [7, 11) is 3.21. The number of thiophene rings is 1. The van der Waals surface area contributed by atoms with E-state index in [1.807, 2.05) is 85.0 Å². The zero-order chi connectivity index (χ0) is 26.8. The minimum Gasteiger partial charge on any atom is -0.493 e. The number of urea groups is 1. The predicted molar refractivity (Wildman–Crippen MR) is 152 cm³/mol. The standard InChI is InChI=1S/C28H35N3O4S2/c1-20(2)31(28(33)29-22-9-11-23(36-5)12-10-22)19-27(32)30(18-24-7-6-16-37-24)15-14-21-8-13-25(34-3)26(17-21)35-4/h6-13,16-17,20H,14-15,18-19H2,1-5H3,(H,29,33). The van der Waals surface area contributed by atoms with Crippen LogP contribution >= 0.6 is 23.1 Å². The molecule has 37 heavy (non-hydrogen) atoms. The Bertz CT molecular complexity index is 1150. The van der Waals surface area contributed by atoms with Gasteiger partial charge in [-0.3, -0.25) is 4.79 Å². The molecule has 1 aromatic heterocycles. The quantitative estimate of drug-likeness (QED) is 0.285. The number of rotatable bonds is 12. The molecule has 0 atom stereocenters. The van der Waals surface area contributed by atoms with E-state index in [4.69, 9.17) is 9.47 Å². The average molecular weight is 542 g/mol. The van der Waals surface area contributed by atoms with Crippen LogP contribution in [0.1, 0.15) is 24.3 Å². The highest BCUT2D eigenvalue weighted by molar-refractivity contribution is 7.98. The van der Waals surface area contributed by atoms with Gasteiger partial charge in [-0.05, 0) is 79.9 Å². The fourth-order valence-corrected chi connectivity index (χ4v) is 4.91. The Morgan fingerprint density at radius 1 is 1.03 bits per heavy atom. The number of anilines is 1. The highest BCUT2D eigenvalue weighted by Crippen LogP contribution is 2.28. The topological polar surface area (TPSA) is 71.1 Å². The van der Waals surface area contributed by atoms with Crippen LogP contribution in [0, 0.1) is 0 Å². The van der Waals surface area contributed by atoms with Gasteiger partial charge in [-0.15, -0.1) is 23.1 Å². The van der Waals surface area contributed by atoms with Crippen molar-refractivity contribution < 1.29 is 19.1 Å². The maximum absolute atomic E-state index is 13.5. The van der Waals surface area contributed by atoms with Gasteiger partial charge in [-0.1, -0.05) is 12.1 Å². The van der Waals surface area contributed by atoms with Gasteiger partial charge in [0.15, 0.2) is 11.5 Å². The van der Waals surface area contributed by atoms with E-state index in [0.29, 0.717) is 36.7 Å². The molecule has 0 fully saturated rings. The minimum atomic E-state index is -0.295. The van der Waals surface area contributed by atoms with Crippen molar-refractivity contribution in [2.24, 2.45) is 0 Å². The van der Waals surface area contributed by atoms with E-state index in [2.05, 4.69) is 5.32 Å². The van der Waals surface area contributed by atoms with Crippen molar-refractivity contribution >= 4 is 40.7 Å². The summed E-state index contributed by atoms with van der Waals surface area (Å²) in [6, 6.07) is 17.0. The summed E-state index contributed by atoms with van der Waals surface area (Å²) >= 11 is 3.25. The average Bonchev–Trinajstić information content (AvgIpc) is 3.42. The number of methoxy groups -OCH3 is 2. The molecule has 0 aliphatic rings. The van der Waals surface area contributed by atoms with Gasteiger partial charge < -0.3 is 24.6 Å². The van der Waals surface area contributed by atoms with Crippen molar-refractivity contribution in [3.8, 4) is 11.5 Å². The summed E-state index contributed by atoms with van der Waals surface area (Å²) in [5, 5.41) is 4.93. The van der Waals surface area contributed by atoms with Crippen molar-refractivity contribution in [2.45, 2.75) is 37.8 Å². The highest BCUT2D eigenvalue weighted by Gasteiger charge is 2.24. The number of hydrogen-bond donors (Lipinski definition) is 1. The molecule has 0 aliphatic carbocycles. The first-order valence-electron chi connectivity index (χ1n) is 12.1. The zero-order valence-electron chi connectivity index (χ0n) is 22.0. The second-order valence-electron chi connectivity index (χ2n) is 8.71. The summed E-state index contributed by atoms with van der Waals surface area (Å²) in [5.41, 5.74) is 1.73. The zero-order valence-corrected chi connectivity index (χ0v) is 23.7. The number of ether oxygens (including phenoxy) is 2. The van der Waals surface area contributed by atoms with Gasteiger partial charge in [0.2, 0.25) is 5.91 Å². The second kappa shape index (κ2) is 13.9. The first-order valence-corrected chi connectivity index (χ1v) is 14.2. The summed E-state index contributed by atoms with van der Waals surface area (Å²) in [5.74, 6) is 1.22. The van der Waals surface area contributed by atoms with Crippen molar-refractivity contribution in [3.05, 3.63) is 70.4 Å². The predicted octanol–water partition coefficient (Wildman–Crippen LogP) is 6.00. The fourth-order valence-electron chi connectivity index (χ4n) is 3.79. The number of nitrogens with one attached hydrogen (secondary N) is 1. The Morgan fingerprint density at radius 2 is 1.76 bits per heavy atom. The third kappa shape index (κ3) is 8.16. The van der Waals surface area contributed by atoms with Crippen LogP contribution in [0.2, 0.25) is 0 Å². The summed E-state index contributed by atoms with van der Waals surface area (Å²) in [6.07, 6.45) is 2.65. The van der Waals surface area contributed by atoms with Crippen molar-refractivity contribution in [2.75, 3.05) is 38.9 Å². The van der Waals surface area contributed by atoms with E-state index in [9.17, 15) is 9.59 Å². The molecule has 0 aliphatic heterocycles. The third-order valence-corrected chi connectivity index (χ3v) is 7.53. The molecular formula is C28H35N3O4S2. The lowest BCUT2D eigenvalue weighted by Crippen LogP contribution is -2.47. The van der Waals surface area contributed by atoms with Gasteiger partial charge in [0.1, 0.15) is 6.54 Å². The van der Waals surface area contributed by atoms with Gasteiger partial charge in [-0.2, -0.15) is 0 Å². The molecular weight excluding hydrogens is 506 g/mol. The molecule has 1 N–H and O–H groups in total. The molecule has 3 aromatic rings. The second-order valence-corrected chi connectivity index (χ2v) is 10.6. The number of amides is 3. The summed E-state index contributed by atoms with van der Waals surface area (Å²) in [4.78, 5) is 32.2. The van der Waals surface area contributed by atoms with Gasteiger partial charge in [-0.25, -0.2) is 4.79 Å².